The zero-order chi connectivity index (χ0) is 12.8. The molecule has 1 aromatic carbocycles. The summed E-state index contributed by atoms with van der Waals surface area (Å²) in [5, 5.41) is 2.99. The molecular weight excluding hydrogens is 224 g/mol. The van der Waals surface area contributed by atoms with Gasteiger partial charge < -0.3 is 10.2 Å². The van der Waals surface area contributed by atoms with Gasteiger partial charge in [0, 0.05) is 36.3 Å². The Balaban J connectivity index is 2.03. The van der Waals surface area contributed by atoms with E-state index in [9.17, 15) is 4.79 Å². The lowest BCUT2D eigenvalue weighted by Gasteiger charge is -2.33. The molecule has 0 aromatic heterocycles. The average molecular weight is 244 g/mol. The minimum absolute atomic E-state index is 0.0345. The van der Waals surface area contributed by atoms with Crippen molar-refractivity contribution in [2.75, 3.05) is 24.5 Å². The van der Waals surface area contributed by atoms with E-state index in [1.807, 2.05) is 0 Å². The van der Waals surface area contributed by atoms with Crippen molar-refractivity contribution in [1.82, 2.24) is 5.32 Å². The lowest BCUT2D eigenvalue weighted by molar-refractivity contribution is 0.0930. The Bertz CT molecular complexity index is 487. The molecule has 0 saturated carbocycles. The standard InChI is InChI=1S/C15H20N2O/c1-15(2)10-16-14(18)12-9-11(5-6-13(12)15)17-7-3-4-8-17/h5-6,9H,3-4,7-8,10H2,1-2H3,(H,16,18). The van der Waals surface area contributed by atoms with E-state index >= 15 is 0 Å². The van der Waals surface area contributed by atoms with Gasteiger partial charge in [0.15, 0.2) is 0 Å². The van der Waals surface area contributed by atoms with Crippen LogP contribution in [-0.2, 0) is 5.41 Å². The quantitative estimate of drug-likeness (QED) is 0.822. The molecular formula is C15H20N2O. The first kappa shape index (κ1) is 11.6. The molecule has 96 valence electrons. The molecule has 18 heavy (non-hydrogen) atoms. The van der Waals surface area contributed by atoms with Gasteiger partial charge in [-0.2, -0.15) is 0 Å². The highest BCUT2D eigenvalue weighted by atomic mass is 16.1. The minimum atomic E-state index is 0.0345. The predicted molar refractivity (Wildman–Crippen MR) is 73.2 cm³/mol. The fourth-order valence-electron chi connectivity index (χ4n) is 2.97. The molecule has 0 radical (unpaired) electrons. The fourth-order valence-corrected chi connectivity index (χ4v) is 2.97. The Morgan fingerprint density at radius 2 is 1.94 bits per heavy atom. The van der Waals surface area contributed by atoms with Crippen LogP contribution in [0.5, 0.6) is 0 Å². The summed E-state index contributed by atoms with van der Waals surface area (Å²) in [7, 11) is 0. The lowest BCUT2D eigenvalue weighted by atomic mass is 9.79. The van der Waals surface area contributed by atoms with E-state index in [2.05, 4.69) is 42.3 Å². The van der Waals surface area contributed by atoms with E-state index < -0.39 is 0 Å². The first-order valence-corrected chi connectivity index (χ1v) is 6.76. The van der Waals surface area contributed by atoms with Crippen molar-refractivity contribution in [1.29, 1.82) is 0 Å². The van der Waals surface area contributed by atoms with Crippen LogP contribution in [0.2, 0.25) is 0 Å². The molecule has 3 rings (SSSR count). The molecule has 1 fully saturated rings. The molecule has 1 amide bonds. The highest BCUT2D eigenvalue weighted by Gasteiger charge is 2.31. The van der Waals surface area contributed by atoms with Crippen molar-refractivity contribution in [3.05, 3.63) is 29.3 Å². The maximum absolute atomic E-state index is 12.0. The summed E-state index contributed by atoms with van der Waals surface area (Å²) in [6, 6.07) is 6.38. The van der Waals surface area contributed by atoms with Gasteiger partial charge in [0.2, 0.25) is 0 Å². The SMILES string of the molecule is CC1(C)CNC(=O)c2cc(N3CCCC3)ccc21. The molecule has 2 aliphatic heterocycles. The van der Waals surface area contributed by atoms with Crippen molar-refractivity contribution < 1.29 is 4.79 Å². The van der Waals surface area contributed by atoms with E-state index in [-0.39, 0.29) is 11.3 Å². The van der Waals surface area contributed by atoms with Crippen molar-refractivity contribution >= 4 is 11.6 Å². The number of benzene rings is 1. The first-order valence-electron chi connectivity index (χ1n) is 6.76. The summed E-state index contributed by atoms with van der Waals surface area (Å²) in [5.74, 6) is 0.0744. The summed E-state index contributed by atoms with van der Waals surface area (Å²) in [5.41, 5.74) is 3.26. The van der Waals surface area contributed by atoms with Crippen molar-refractivity contribution in [2.24, 2.45) is 0 Å². The van der Waals surface area contributed by atoms with E-state index in [1.165, 1.54) is 24.1 Å². The number of amides is 1. The van der Waals surface area contributed by atoms with Crippen molar-refractivity contribution in [3.63, 3.8) is 0 Å². The number of fused-ring (bicyclic) bond motifs is 1. The number of hydrogen-bond donors (Lipinski definition) is 1. The Morgan fingerprint density at radius 3 is 2.67 bits per heavy atom. The summed E-state index contributed by atoms with van der Waals surface area (Å²) in [6.07, 6.45) is 2.52. The second-order valence-corrected chi connectivity index (χ2v) is 5.99. The Morgan fingerprint density at radius 1 is 1.22 bits per heavy atom. The smallest absolute Gasteiger partial charge is 0.251 e. The third-order valence-electron chi connectivity index (χ3n) is 4.14. The molecule has 0 unspecified atom stereocenters. The fraction of sp³-hybridized carbons (Fsp3) is 0.533. The summed E-state index contributed by atoms with van der Waals surface area (Å²) in [4.78, 5) is 14.4. The van der Waals surface area contributed by atoms with Gasteiger partial charge >= 0.3 is 0 Å². The van der Waals surface area contributed by atoms with Gasteiger partial charge in [-0.05, 0) is 30.5 Å². The van der Waals surface area contributed by atoms with Gasteiger partial charge in [0.25, 0.3) is 5.91 Å². The van der Waals surface area contributed by atoms with Crippen LogP contribution < -0.4 is 10.2 Å². The van der Waals surface area contributed by atoms with Crippen LogP contribution in [0, 0.1) is 0 Å². The summed E-state index contributed by atoms with van der Waals surface area (Å²) < 4.78 is 0. The average Bonchev–Trinajstić information content (AvgIpc) is 2.88. The topological polar surface area (TPSA) is 32.3 Å². The molecule has 1 aromatic rings. The van der Waals surface area contributed by atoms with E-state index in [0.29, 0.717) is 0 Å². The monoisotopic (exact) mass is 244 g/mol. The van der Waals surface area contributed by atoms with Gasteiger partial charge in [0.1, 0.15) is 0 Å². The van der Waals surface area contributed by atoms with E-state index in [1.54, 1.807) is 0 Å². The van der Waals surface area contributed by atoms with Gasteiger partial charge in [-0.3, -0.25) is 4.79 Å². The normalized spacial score (nSPS) is 21.7. The number of anilines is 1. The third kappa shape index (κ3) is 1.78. The van der Waals surface area contributed by atoms with Crippen LogP contribution in [-0.4, -0.2) is 25.5 Å². The highest BCUT2D eigenvalue weighted by molar-refractivity contribution is 5.98. The maximum atomic E-state index is 12.0. The van der Waals surface area contributed by atoms with E-state index in [4.69, 9.17) is 0 Å². The van der Waals surface area contributed by atoms with Gasteiger partial charge in [-0.15, -0.1) is 0 Å². The van der Waals surface area contributed by atoms with Gasteiger partial charge in [0.05, 0.1) is 0 Å². The molecule has 0 bridgehead atoms. The zero-order valence-electron chi connectivity index (χ0n) is 11.1. The van der Waals surface area contributed by atoms with Crippen LogP contribution in [0.25, 0.3) is 0 Å². The molecule has 1 saturated heterocycles. The van der Waals surface area contributed by atoms with Crippen LogP contribution in [0.15, 0.2) is 18.2 Å². The molecule has 0 atom stereocenters. The van der Waals surface area contributed by atoms with Crippen LogP contribution in [0.4, 0.5) is 5.69 Å². The summed E-state index contributed by atoms with van der Waals surface area (Å²) in [6.45, 7) is 7.32. The highest BCUT2D eigenvalue weighted by Crippen LogP contribution is 2.32. The predicted octanol–water partition coefficient (Wildman–Crippen LogP) is 2.31. The maximum Gasteiger partial charge on any atom is 0.251 e. The second-order valence-electron chi connectivity index (χ2n) is 5.99. The second kappa shape index (κ2) is 4.01. The van der Waals surface area contributed by atoms with Crippen LogP contribution in [0.1, 0.15) is 42.6 Å². The molecule has 0 spiro atoms. The molecule has 1 N–H and O–H groups in total. The largest absolute Gasteiger partial charge is 0.372 e. The molecule has 3 heteroatoms. The molecule has 2 heterocycles. The Kier molecular flexibility index (Phi) is 2.58. The van der Waals surface area contributed by atoms with Crippen molar-refractivity contribution in [3.8, 4) is 0 Å². The Labute approximate surface area is 108 Å². The zero-order valence-corrected chi connectivity index (χ0v) is 11.1. The summed E-state index contributed by atoms with van der Waals surface area (Å²) >= 11 is 0. The number of carbonyl (C=O) groups excluding carboxylic acids is 1. The van der Waals surface area contributed by atoms with Crippen LogP contribution in [0.3, 0.4) is 0 Å². The number of hydrogen-bond acceptors (Lipinski definition) is 2. The molecule has 3 nitrogen and oxygen atoms in total. The molecule has 0 aliphatic carbocycles. The first-order chi connectivity index (χ1) is 8.58. The lowest BCUT2D eigenvalue weighted by Crippen LogP contribution is -2.43. The van der Waals surface area contributed by atoms with Gasteiger partial charge in [-0.1, -0.05) is 19.9 Å². The van der Waals surface area contributed by atoms with Crippen molar-refractivity contribution in [2.45, 2.75) is 32.1 Å². The minimum Gasteiger partial charge on any atom is -0.372 e. The molecule has 2 aliphatic rings. The third-order valence-corrected chi connectivity index (χ3v) is 4.14. The number of nitrogens with one attached hydrogen (secondary N) is 1. The van der Waals surface area contributed by atoms with E-state index in [0.717, 1.165) is 25.2 Å². The van der Waals surface area contributed by atoms with Crippen LogP contribution >= 0.6 is 0 Å². The van der Waals surface area contributed by atoms with Gasteiger partial charge in [-0.25, -0.2) is 0 Å². The Hall–Kier alpha value is -1.51. The number of rotatable bonds is 1. The number of carbonyl (C=O) groups is 1. The number of nitrogens with zero attached hydrogens (tertiary/aromatic N) is 1.